The number of hydrogen-bond donors (Lipinski definition) is 0. The van der Waals surface area contributed by atoms with Gasteiger partial charge in [-0.05, 0) is 24.1 Å². The van der Waals surface area contributed by atoms with Gasteiger partial charge >= 0.3 is 0 Å². The van der Waals surface area contributed by atoms with Crippen molar-refractivity contribution >= 4 is 5.78 Å². The van der Waals surface area contributed by atoms with E-state index in [1.54, 1.807) is 13.2 Å². The van der Waals surface area contributed by atoms with Crippen molar-refractivity contribution in [3.8, 4) is 0 Å². The molecule has 2 rings (SSSR count). The van der Waals surface area contributed by atoms with Crippen molar-refractivity contribution in [3.63, 3.8) is 0 Å². The Bertz CT molecular complexity index is 455. The van der Waals surface area contributed by atoms with Gasteiger partial charge in [0.25, 0.3) is 0 Å². The number of allylic oxidation sites excluding steroid dienone is 3. The second-order valence-corrected chi connectivity index (χ2v) is 4.11. The highest BCUT2D eigenvalue weighted by Gasteiger charge is 2.12. The molecular weight excluding hydrogens is 212 g/mol. The molecule has 1 aromatic rings. The van der Waals surface area contributed by atoms with Crippen LogP contribution in [0.4, 0.5) is 0 Å². The van der Waals surface area contributed by atoms with Crippen LogP contribution in [-0.2, 0) is 16.0 Å². The monoisotopic (exact) mass is 228 g/mol. The molecule has 0 fully saturated rings. The molecular formula is C15H16O2. The Kier molecular flexibility index (Phi) is 3.76. The fraction of sp³-hybridized carbons (Fsp3) is 0.267. The molecule has 1 aliphatic rings. The summed E-state index contributed by atoms with van der Waals surface area (Å²) in [5.41, 5.74) is 2.16. The van der Waals surface area contributed by atoms with Crippen molar-refractivity contribution < 1.29 is 9.53 Å². The Balaban J connectivity index is 2.24. The minimum Gasteiger partial charge on any atom is -0.497 e. The van der Waals surface area contributed by atoms with Gasteiger partial charge in [-0.25, -0.2) is 0 Å². The molecule has 17 heavy (non-hydrogen) atoms. The summed E-state index contributed by atoms with van der Waals surface area (Å²) in [7, 11) is 1.65. The lowest BCUT2D eigenvalue weighted by atomic mass is 10.0. The summed E-state index contributed by atoms with van der Waals surface area (Å²) >= 11 is 0. The minimum atomic E-state index is 0.180. The molecule has 0 aromatic heterocycles. The third-order valence-electron chi connectivity index (χ3n) is 2.83. The largest absolute Gasteiger partial charge is 0.497 e. The zero-order valence-electron chi connectivity index (χ0n) is 9.98. The summed E-state index contributed by atoms with van der Waals surface area (Å²) in [6.45, 7) is 0. The molecule has 0 bridgehead atoms. The number of rotatable bonds is 3. The topological polar surface area (TPSA) is 26.3 Å². The van der Waals surface area contributed by atoms with Gasteiger partial charge in [-0.3, -0.25) is 4.79 Å². The van der Waals surface area contributed by atoms with E-state index in [-0.39, 0.29) is 5.78 Å². The zero-order chi connectivity index (χ0) is 12.1. The van der Waals surface area contributed by atoms with Crippen molar-refractivity contribution in [1.29, 1.82) is 0 Å². The molecule has 0 N–H and O–H groups in total. The molecule has 88 valence electrons. The molecule has 2 heteroatoms. The molecule has 1 aromatic carbocycles. The number of hydrogen-bond acceptors (Lipinski definition) is 2. The Morgan fingerprint density at radius 2 is 2.00 bits per heavy atom. The summed E-state index contributed by atoms with van der Waals surface area (Å²) in [5, 5.41) is 0. The first-order valence-electron chi connectivity index (χ1n) is 5.81. The summed E-state index contributed by atoms with van der Waals surface area (Å²) in [4.78, 5) is 11.6. The Labute approximate surface area is 102 Å². The average molecular weight is 228 g/mol. The Hall–Kier alpha value is -1.83. The van der Waals surface area contributed by atoms with Crippen LogP contribution in [-0.4, -0.2) is 12.9 Å². The van der Waals surface area contributed by atoms with E-state index >= 15 is 0 Å². The first-order valence-corrected chi connectivity index (χ1v) is 5.81. The third-order valence-corrected chi connectivity index (χ3v) is 2.83. The number of carbonyl (C=O) groups is 1. The van der Waals surface area contributed by atoms with E-state index in [9.17, 15) is 4.79 Å². The third kappa shape index (κ3) is 3.06. The normalized spacial score (nSPS) is 15.9. The van der Waals surface area contributed by atoms with E-state index < -0.39 is 0 Å². The Morgan fingerprint density at radius 3 is 2.71 bits per heavy atom. The maximum Gasteiger partial charge on any atom is 0.156 e. The summed E-state index contributed by atoms with van der Waals surface area (Å²) in [5.74, 6) is 1.01. The van der Waals surface area contributed by atoms with E-state index in [1.165, 1.54) is 5.56 Å². The summed E-state index contributed by atoms with van der Waals surface area (Å²) < 4.78 is 5.34. The van der Waals surface area contributed by atoms with Crippen LogP contribution < -0.4 is 0 Å². The van der Waals surface area contributed by atoms with E-state index in [1.807, 2.05) is 24.3 Å². The van der Waals surface area contributed by atoms with Crippen LogP contribution in [0.25, 0.3) is 0 Å². The summed E-state index contributed by atoms with van der Waals surface area (Å²) in [6, 6.07) is 10.1. The lowest BCUT2D eigenvalue weighted by Gasteiger charge is -2.09. The van der Waals surface area contributed by atoms with E-state index in [2.05, 4.69) is 12.1 Å². The van der Waals surface area contributed by atoms with Crippen LogP contribution in [0.1, 0.15) is 18.4 Å². The number of benzene rings is 1. The van der Waals surface area contributed by atoms with Crippen LogP contribution in [0.3, 0.4) is 0 Å². The molecule has 0 radical (unpaired) electrons. The lowest BCUT2D eigenvalue weighted by Crippen LogP contribution is -1.99. The fourth-order valence-electron chi connectivity index (χ4n) is 1.98. The highest BCUT2D eigenvalue weighted by Crippen LogP contribution is 2.21. The number of carbonyl (C=O) groups excluding carboxylic acids is 1. The smallest absolute Gasteiger partial charge is 0.156 e. The highest BCUT2D eigenvalue weighted by atomic mass is 16.5. The molecule has 0 amide bonds. The number of ketones is 1. The van der Waals surface area contributed by atoms with Gasteiger partial charge in [0.05, 0.1) is 7.11 Å². The van der Waals surface area contributed by atoms with Crippen LogP contribution in [0.15, 0.2) is 53.8 Å². The second kappa shape index (κ2) is 5.48. The SMILES string of the molecule is COC1=CCCC(=O)C=C1Cc1ccccc1. The minimum absolute atomic E-state index is 0.180. The first-order chi connectivity index (χ1) is 8.29. The predicted octanol–water partition coefficient (Wildman–Crippen LogP) is 3.05. The van der Waals surface area contributed by atoms with Gasteiger partial charge in [-0.2, -0.15) is 0 Å². The molecule has 1 aliphatic carbocycles. The van der Waals surface area contributed by atoms with Crippen LogP contribution >= 0.6 is 0 Å². The molecule has 0 heterocycles. The Morgan fingerprint density at radius 1 is 1.24 bits per heavy atom. The van der Waals surface area contributed by atoms with E-state index in [0.29, 0.717) is 6.42 Å². The molecule has 0 saturated carbocycles. The van der Waals surface area contributed by atoms with Gasteiger partial charge in [0.2, 0.25) is 0 Å². The highest BCUT2D eigenvalue weighted by molar-refractivity contribution is 5.91. The van der Waals surface area contributed by atoms with Gasteiger partial charge in [0, 0.05) is 18.4 Å². The molecule has 0 spiro atoms. The first kappa shape index (κ1) is 11.6. The molecule has 0 atom stereocenters. The molecule has 0 saturated heterocycles. The summed E-state index contributed by atoms with van der Waals surface area (Å²) in [6.07, 6.45) is 5.79. The van der Waals surface area contributed by atoms with Crippen molar-refractivity contribution in [3.05, 3.63) is 59.4 Å². The van der Waals surface area contributed by atoms with Gasteiger partial charge < -0.3 is 4.74 Å². The van der Waals surface area contributed by atoms with Gasteiger partial charge in [-0.1, -0.05) is 30.3 Å². The van der Waals surface area contributed by atoms with Crippen LogP contribution in [0, 0.1) is 0 Å². The molecule has 0 unspecified atom stereocenters. The van der Waals surface area contributed by atoms with Crippen molar-refractivity contribution in [1.82, 2.24) is 0 Å². The van der Waals surface area contributed by atoms with Gasteiger partial charge in [0.1, 0.15) is 5.76 Å². The van der Waals surface area contributed by atoms with Gasteiger partial charge in [0.15, 0.2) is 5.78 Å². The number of ether oxygens (including phenoxy) is 1. The maximum atomic E-state index is 11.6. The van der Waals surface area contributed by atoms with Crippen molar-refractivity contribution in [2.75, 3.05) is 7.11 Å². The van der Waals surface area contributed by atoms with E-state index in [4.69, 9.17) is 4.74 Å². The predicted molar refractivity (Wildman–Crippen MR) is 67.6 cm³/mol. The van der Waals surface area contributed by atoms with E-state index in [0.717, 1.165) is 24.2 Å². The van der Waals surface area contributed by atoms with Crippen LogP contribution in [0.2, 0.25) is 0 Å². The van der Waals surface area contributed by atoms with Crippen molar-refractivity contribution in [2.45, 2.75) is 19.3 Å². The quantitative estimate of drug-likeness (QED) is 0.794. The van der Waals surface area contributed by atoms with Crippen LogP contribution in [0.5, 0.6) is 0 Å². The lowest BCUT2D eigenvalue weighted by molar-refractivity contribution is -0.114. The van der Waals surface area contributed by atoms with Gasteiger partial charge in [-0.15, -0.1) is 0 Å². The maximum absolute atomic E-state index is 11.6. The molecule has 2 nitrogen and oxygen atoms in total. The van der Waals surface area contributed by atoms with Crippen molar-refractivity contribution in [2.24, 2.45) is 0 Å². The molecule has 0 aliphatic heterocycles. The zero-order valence-corrected chi connectivity index (χ0v) is 9.98. The second-order valence-electron chi connectivity index (χ2n) is 4.11. The number of methoxy groups -OCH3 is 1. The standard InChI is InChI=1S/C15H16O2/c1-17-15-9-5-8-14(16)11-13(15)10-12-6-3-2-4-7-12/h2-4,6-7,9,11H,5,8,10H2,1H3. The fourth-order valence-corrected chi connectivity index (χ4v) is 1.98. The average Bonchev–Trinajstić information content (AvgIpc) is 2.52.